The standard InChI is InChI=1S/C74H134S2/c1-41(2)61(42(3)4)71(62(43(5)6)44(7)8)69(72(63(45(9)10)46(11)12)64(47(13)14)48(15)16)57-33-37-59(38-34-57)75-76-60-39-35-58(36-40-60)70(73(65(49(17)18)50(19)20)66(51(21)22)52(23)24)74(67(53(25)26)54(27)28)68(55(29)30)56(31)32/h33-56,61-74H,1-32H3. The first-order chi connectivity index (χ1) is 35.1. The molecule has 2 aromatic carbocycles. The minimum atomic E-state index is 0.475. The van der Waals surface area contributed by atoms with E-state index in [2.05, 4.69) is 270 Å². The Labute approximate surface area is 487 Å². The van der Waals surface area contributed by atoms with Gasteiger partial charge in [0.2, 0.25) is 0 Å². The number of hydrogen-bond donors (Lipinski definition) is 0. The maximum Gasteiger partial charge on any atom is 0.0186 e. The molecular formula is C74H134S2. The summed E-state index contributed by atoms with van der Waals surface area (Å²) in [6.07, 6.45) is 0. The van der Waals surface area contributed by atoms with Gasteiger partial charge in [0, 0.05) is 9.79 Å². The second-order valence-electron chi connectivity index (χ2n) is 31.2. The van der Waals surface area contributed by atoms with Gasteiger partial charge in [-0.3, -0.25) is 0 Å². The van der Waals surface area contributed by atoms with Crippen LogP contribution in [0.2, 0.25) is 0 Å². The van der Waals surface area contributed by atoms with Crippen LogP contribution in [-0.4, -0.2) is 0 Å². The van der Waals surface area contributed by atoms with E-state index in [-0.39, 0.29) is 0 Å². The van der Waals surface area contributed by atoms with Crippen molar-refractivity contribution in [2.24, 2.45) is 166 Å². The Hall–Kier alpha value is -0.860. The number of hydrogen-bond acceptors (Lipinski definition) is 2. The van der Waals surface area contributed by atoms with Gasteiger partial charge >= 0.3 is 0 Å². The second kappa shape index (κ2) is 32.1. The maximum absolute atomic E-state index is 2.63. The smallest absolute Gasteiger partial charge is 0.0186 e. The van der Waals surface area contributed by atoms with Crippen LogP contribution < -0.4 is 0 Å². The quantitative estimate of drug-likeness (QED) is 0.0654. The average molecular weight is 1090 g/mol. The topological polar surface area (TPSA) is 0 Å². The lowest BCUT2D eigenvalue weighted by atomic mass is 9.51. The highest BCUT2D eigenvalue weighted by Gasteiger charge is 2.52. The molecule has 0 heterocycles. The van der Waals surface area contributed by atoms with Crippen LogP contribution in [0.15, 0.2) is 58.3 Å². The van der Waals surface area contributed by atoms with E-state index in [9.17, 15) is 0 Å². The Morgan fingerprint density at radius 3 is 0.395 bits per heavy atom. The van der Waals surface area contributed by atoms with Gasteiger partial charge in [-0.1, -0.05) is 267 Å². The molecule has 0 aliphatic rings. The van der Waals surface area contributed by atoms with Crippen molar-refractivity contribution in [1.29, 1.82) is 0 Å². The average Bonchev–Trinajstić information content (AvgIpc) is 3.24. The molecular weight excluding hydrogens is 953 g/mol. The largest absolute Gasteiger partial charge is 0.0625 e. The van der Waals surface area contributed by atoms with Gasteiger partial charge in [0.25, 0.3) is 0 Å². The van der Waals surface area contributed by atoms with E-state index in [0.717, 1.165) is 0 Å². The van der Waals surface area contributed by atoms with Crippen molar-refractivity contribution >= 4 is 21.6 Å². The first kappa shape index (κ1) is 71.2. The van der Waals surface area contributed by atoms with Gasteiger partial charge < -0.3 is 0 Å². The zero-order valence-corrected chi connectivity index (χ0v) is 58.4. The molecule has 0 amide bonds. The fourth-order valence-corrected chi connectivity index (χ4v) is 21.1. The van der Waals surface area contributed by atoms with Crippen molar-refractivity contribution in [1.82, 2.24) is 0 Å². The number of rotatable bonds is 33. The molecule has 2 rings (SSSR count). The van der Waals surface area contributed by atoms with Crippen LogP contribution in [0, 0.1) is 166 Å². The Bertz CT molecular complexity index is 1470. The lowest BCUT2D eigenvalue weighted by Crippen LogP contribution is -2.48. The van der Waals surface area contributed by atoms with Crippen LogP contribution in [0.5, 0.6) is 0 Å². The zero-order valence-electron chi connectivity index (χ0n) is 56.8. The molecule has 0 fully saturated rings. The van der Waals surface area contributed by atoms with E-state index in [4.69, 9.17) is 0 Å². The highest BCUT2D eigenvalue weighted by molar-refractivity contribution is 8.76. The Balaban J connectivity index is 3.06. The van der Waals surface area contributed by atoms with Crippen LogP contribution in [0.3, 0.4) is 0 Å². The van der Waals surface area contributed by atoms with Crippen LogP contribution in [0.1, 0.15) is 245 Å². The SMILES string of the molecule is CC(C)C(C(C)C)C(C(c1ccc(SSc2ccc(C(C(C(C(C)C)C(C)C)C(C(C)C)C(C)C)C(C(C(C)C)C(C)C)C(C(C)C)C(C)C)cc2)cc1)C(C(C(C)C)C(C)C)C(C(C)C)C(C)C)C(C(C)C)C(C)C. The van der Waals surface area contributed by atoms with Gasteiger partial charge in [-0.25, -0.2) is 0 Å². The predicted octanol–water partition coefficient (Wildman–Crippen LogP) is 24.5. The third-order valence-corrected chi connectivity index (χ3v) is 22.7. The summed E-state index contributed by atoms with van der Waals surface area (Å²) < 4.78 is 0. The van der Waals surface area contributed by atoms with Gasteiger partial charge in [0.15, 0.2) is 0 Å². The summed E-state index contributed by atoms with van der Waals surface area (Å²) in [7, 11) is 3.94. The van der Waals surface area contributed by atoms with Crippen LogP contribution in [0.4, 0.5) is 0 Å². The van der Waals surface area contributed by atoms with E-state index in [1.807, 2.05) is 21.6 Å². The molecule has 2 aromatic rings. The van der Waals surface area contributed by atoms with Crippen LogP contribution >= 0.6 is 21.6 Å². The molecule has 2 heteroatoms. The minimum absolute atomic E-state index is 0.475. The molecule has 0 saturated heterocycles. The molecule has 0 spiro atoms. The molecule has 0 aliphatic carbocycles. The van der Waals surface area contributed by atoms with E-state index in [1.54, 1.807) is 11.1 Å². The van der Waals surface area contributed by atoms with Crippen molar-refractivity contribution in [3.05, 3.63) is 59.7 Å². The van der Waals surface area contributed by atoms with Crippen LogP contribution in [-0.2, 0) is 0 Å². The summed E-state index contributed by atoms with van der Waals surface area (Å²) in [4.78, 5) is 2.73. The molecule has 76 heavy (non-hydrogen) atoms. The molecule has 0 saturated carbocycles. The van der Waals surface area contributed by atoms with Gasteiger partial charge in [-0.05, 0) is 213 Å². The summed E-state index contributed by atoms with van der Waals surface area (Å²) in [5.74, 6) is 18.2. The third-order valence-electron chi connectivity index (χ3n) is 20.3. The molecule has 0 radical (unpaired) electrons. The van der Waals surface area contributed by atoms with Gasteiger partial charge in [-0.15, -0.1) is 0 Å². The molecule has 0 aliphatic heterocycles. The van der Waals surface area contributed by atoms with Crippen molar-refractivity contribution in [2.75, 3.05) is 0 Å². The Morgan fingerprint density at radius 1 is 0.171 bits per heavy atom. The summed E-state index contributed by atoms with van der Waals surface area (Å²) in [6.45, 7) is 81.7. The molecule has 0 nitrogen and oxygen atoms in total. The highest BCUT2D eigenvalue weighted by atomic mass is 33.1. The monoisotopic (exact) mass is 1090 g/mol. The molecule has 0 N–H and O–H groups in total. The summed E-state index contributed by atoms with van der Waals surface area (Å²) in [5, 5.41) is 0. The third kappa shape index (κ3) is 18.3. The first-order valence-corrected chi connectivity index (χ1v) is 34.8. The van der Waals surface area contributed by atoms with Crippen molar-refractivity contribution in [3.63, 3.8) is 0 Å². The van der Waals surface area contributed by atoms with Crippen molar-refractivity contribution in [2.45, 2.75) is 243 Å². The molecule has 0 atom stereocenters. The fourth-order valence-electron chi connectivity index (χ4n) is 19.2. The molecule has 0 aromatic heterocycles. The normalized spacial score (nSPS) is 14.0. The van der Waals surface area contributed by atoms with Gasteiger partial charge in [0.1, 0.15) is 0 Å². The maximum atomic E-state index is 2.63. The predicted molar refractivity (Wildman–Crippen MR) is 349 cm³/mol. The Morgan fingerprint density at radius 2 is 0.289 bits per heavy atom. The Kier molecular flexibility index (Phi) is 30.1. The van der Waals surface area contributed by atoms with E-state index in [0.29, 0.717) is 178 Å². The molecule has 0 unspecified atom stereocenters. The lowest BCUT2D eigenvalue weighted by molar-refractivity contribution is -0.0253. The van der Waals surface area contributed by atoms with E-state index in [1.165, 1.54) is 9.79 Å². The number of benzene rings is 2. The molecule has 442 valence electrons. The van der Waals surface area contributed by atoms with Gasteiger partial charge in [0.05, 0.1) is 0 Å². The first-order valence-electron chi connectivity index (χ1n) is 32.6. The van der Waals surface area contributed by atoms with E-state index < -0.39 is 0 Å². The van der Waals surface area contributed by atoms with E-state index >= 15 is 0 Å². The second-order valence-corrected chi connectivity index (χ2v) is 33.5. The lowest BCUT2D eigenvalue weighted by Gasteiger charge is -2.54. The summed E-state index contributed by atoms with van der Waals surface area (Å²) in [6, 6.07) is 20.6. The molecule has 0 bridgehead atoms. The fraction of sp³-hybridized carbons (Fsp3) is 0.838. The van der Waals surface area contributed by atoms with Gasteiger partial charge in [-0.2, -0.15) is 0 Å². The summed E-state index contributed by atoms with van der Waals surface area (Å²) >= 11 is 0. The highest BCUT2D eigenvalue weighted by Crippen LogP contribution is 2.59. The minimum Gasteiger partial charge on any atom is -0.0625 e. The van der Waals surface area contributed by atoms with Crippen LogP contribution in [0.25, 0.3) is 0 Å². The summed E-state index contributed by atoms with van der Waals surface area (Å²) in [5.41, 5.74) is 3.20. The van der Waals surface area contributed by atoms with Crippen molar-refractivity contribution < 1.29 is 0 Å². The van der Waals surface area contributed by atoms with Crippen molar-refractivity contribution in [3.8, 4) is 0 Å². The zero-order chi connectivity index (χ0) is 58.7.